The van der Waals surface area contributed by atoms with Crippen molar-refractivity contribution in [2.75, 3.05) is 29.9 Å². The lowest BCUT2D eigenvalue weighted by molar-refractivity contribution is 0.204. The predicted octanol–water partition coefficient (Wildman–Crippen LogP) is 2.67. The van der Waals surface area contributed by atoms with Crippen LogP contribution in [0.5, 0.6) is 0 Å². The number of amides is 2. The number of rotatable bonds is 5. The number of aliphatic hydroxyl groups is 1. The largest absolute Gasteiger partial charge is 0.396 e. The number of nitrogens with one attached hydrogen (secondary N) is 2. The van der Waals surface area contributed by atoms with Crippen LogP contribution in [0.15, 0.2) is 24.3 Å². The van der Waals surface area contributed by atoms with Crippen LogP contribution in [-0.2, 0) is 0 Å². The molecule has 0 aliphatic carbocycles. The van der Waals surface area contributed by atoms with Gasteiger partial charge in [0.15, 0.2) is 0 Å². The highest BCUT2D eigenvalue weighted by Crippen LogP contribution is 2.24. The number of hydrogen-bond acceptors (Lipinski definition) is 3. The molecule has 1 aromatic carbocycles. The lowest BCUT2D eigenvalue weighted by atomic mass is 10.1. The van der Waals surface area contributed by atoms with E-state index >= 15 is 0 Å². The first-order valence-electron chi connectivity index (χ1n) is 8.03. The van der Waals surface area contributed by atoms with Crippen molar-refractivity contribution in [1.29, 1.82) is 0 Å². The normalized spacial score (nSPS) is 20.5. The summed E-state index contributed by atoms with van der Waals surface area (Å²) in [5.41, 5.74) is 1.98. The SMILES string of the molecule is C[C@@H]1CCN(c2ccc(NC(=O)N[C@@H](C)[C@@H](C)CO)cc2)C1. The van der Waals surface area contributed by atoms with E-state index in [2.05, 4.69) is 22.5 Å². The number of urea groups is 1. The van der Waals surface area contributed by atoms with Crippen molar-refractivity contribution in [3.05, 3.63) is 24.3 Å². The highest BCUT2D eigenvalue weighted by molar-refractivity contribution is 5.89. The topological polar surface area (TPSA) is 64.6 Å². The van der Waals surface area contributed by atoms with Crippen LogP contribution in [0.25, 0.3) is 0 Å². The monoisotopic (exact) mass is 305 g/mol. The molecule has 2 amide bonds. The van der Waals surface area contributed by atoms with E-state index in [9.17, 15) is 4.79 Å². The van der Waals surface area contributed by atoms with Crippen LogP contribution < -0.4 is 15.5 Å². The maximum absolute atomic E-state index is 11.9. The van der Waals surface area contributed by atoms with Crippen molar-refractivity contribution >= 4 is 17.4 Å². The highest BCUT2D eigenvalue weighted by Gasteiger charge is 2.19. The Bertz CT molecular complexity index is 489. The molecule has 0 bridgehead atoms. The molecule has 3 N–H and O–H groups in total. The van der Waals surface area contributed by atoms with Gasteiger partial charge >= 0.3 is 6.03 Å². The van der Waals surface area contributed by atoms with Crippen molar-refractivity contribution in [3.63, 3.8) is 0 Å². The average Bonchev–Trinajstić information content (AvgIpc) is 2.93. The molecule has 1 aliphatic heterocycles. The molecule has 1 heterocycles. The third kappa shape index (κ3) is 4.37. The number of carbonyl (C=O) groups excluding carboxylic acids is 1. The van der Waals surface area contributed by atoms with Gasteiger partial charge < -0.3 is 20.6 Å². The molecule has 0 spiro atoms. The van der Waals surface area contributed by atoms with E-state index in [0.717, 1.165) is 24.7 Å². The Morgan fingerprint density at radius 2 is 2.05 bits per heavy atom. The Balaban J connectivity index is 1.87. The second kappa shape index (κ2) is 7.49. The summed E-state index contributed by atoms with van der Waals surface area (Å²) in [5, 5.41) is 14.7. The zero-order valence-corrected chi connectivity index (χ0v) is 13.7. The first-order valence-corrected chi connectivity index (χ1v) is 8.03. The van der Waals surface area contributed by atoms with Gasteiger partial charge in [0, 0.05) is 37.1 Å². The molecule has 0 radical (unpaired) electrons. The number of hydrogen-bond donors (Lipinski definition) is 3. The lowest BCUT2D eigenvalue weighted by Crippen LogP contribution is -2.40. The van der Waals surface area contributed by atoms with E-state index in [1.807, 2.05) is 38.1 Å². The van der Waals surface area contributed by atoms with Gasteiger partial charge in [-0.05, 0) is 49.4 Å². The van der Waals surface area contributed by atoms with E-state index in [-0.39, 0.29) is 24.6 Å². The van der Waals surface area contributed by atoms with Crippen LogP contribution in [0.3, 0.4) is 0 Å². The molecule has 1 aromatic rings. The smallest absolute Gasteiger partial charge is 0.319 e. The van der Waals surface area contributed by atoms with Gasteiger partial charge in [-0.1, -0.05) is 13.8 Å². The van der Waals surface area contributed by atoms with Crippen molar-refractivity contribution in [2.24, 2.45) is 11.8 Å². The summed E-state index contributed by atoms with van der Waals surface area (Å²) in [6.07, 6.45) is 1.24. The zero-order valence-electron chi connectivity index (χ0n) is 13.7. The van der Waals surface area contributed by atoms with Crippen LogP contribution in [0.4, 0.5) is 16.2 Å². The zero-order chi connectivity index (χ0) is 16.1. The number of aliphatic hydroxyl groups excluding tert-OH is 1. The molecule has 1 aliphatic rings. The minimum absolute atomic E-state index is 0.0327. The summed E-state index contributed by atoms with van der Waals surface area (Å²) in [7, 11) is 0. The summed E-state index contributed by atoms with van der Waals surface area (Å²) in [6.45, 7) is 8.32. The van der Waals surface area contributed by atoms with Crippen LogP contribution in [0.1, 0.15) is 27.2 Å². The molecule has 5 nitrogen and oxygen atoms in total. The second-order valence-corrected chi connectivity index (χ2v) is 6.43. The van der Waals surface area contributed by atoms with Gasteiger partial charge in [0.25, 0.3) is 0 Å². The van der Waals surface area contributed by atoms with E-state index in [4.69, 9.17) is 5.11 Å². The number of carbonyl (C=O) groups is 1. The summed E-state index contributed by atoms with van der Waals surface area (Å²) in [6, 6.07) is 7.64. The Morgan fingerprint density at radius 3 is 2.59 bits per heavy atom. The van der Waals surface area contributed by atoms with Gasteiger partial charge in [0.05, 0.1) is 0 Å². The summed E-state index contributed by atoms with van der Waals surface area (Å²) >= 11 is 0. The van der Waals surface area contributed by atoms with Gasteiger partial charge in [0.2, 0.25) is 0 Å². The first kappa shape index (κ1) is 16.6. The van der Waals surface area contributed by atoms with Crippen molar-refractivity contribution in [3.8, 4) is 0 Å². The standard InChI is InChI=1S/C17H27N3O2/c1-12-8-9-20(10-12)16-6-4-15(5-7-16)19-17(22)18-14(3)13(2)11-21/h4-7,12-14,21H,8-11H2,1-3H3,(H2,18,19,22)/t12-,13+,14+/m1/s1. The molecular weight excluding hydrogens is 278 g/mol. The Hall–Kier alpha value is -1.75. The summed E-state index contributed by atoms with van der Waals surface area (Å²) < 4.78 is 0. The molecule has 122 valence electrons. The van der Waals surface area contributed by atoms with Crippen molar-refractivity contribution < 1.29 is 9.90 Å². The quantitative estimate of drug-likeness (QED) is 0.783. The van der Waals surface area contributed by atoms with Crippen LogP contribution in [-0.4, -0.2) is 36.9 Å². The van der Waals surface area contributed by atoms with Gasteiger partial charge in [0.1, 0.15) is 0 Å². The molecule has 3 atom stereocenters. The fourth-order valence-corrected chi connectivity index (χ4v) is 2.60. The molecule has 0 saturated carbocycles. The molecule has 22 heavy (non-hydrogen) atoms. The molecule has 5 heteroatoms. The van der Waals surface area contributed by atoms with Crippen molar-refractivity contribution in [1.82, 2.24) is 5.32 Å². The number of benzene rings is 1. The Labute approximate surface area is 132 Å². The summed E-state index contributed by atoms with van der Waals surface area (Å²) in [4.78, 5) is 14.3. The fraction of sp³-hybridized carbons (Fsp3) is 0.588. The molecule has 0 aromatic heterocycles. The van der Waals surface area contributed by atoms with E-state index in [0.29, 0.717) is 0 Å². The second-order valence-electron chi connectivity index (χ2n) is 6.43. The van der Waals surface area contributed by atoms with Gasteiger partial charge in [-0.25, -0.2) is 4.79 Å². The fourth-order valence-electron chi connectivity index (χ4n) is 2.60. The molecule has 1 fully saturated rings. The summed E-state index contributed by atoms with van der Waals surface area (Å²) in [5.74, 6) is 0.781. The van der Waals surface area contributed by atoms with Crippen LogP contribution in [0, 0.1) is 11.8 Å². The molecule has 0 unspecified atom stereocenters. The Kier molecular flexibility index (Phi) is 5.66. The van der Waals surface area contributed by atoms with Gasteiger partial charge in [-0.3, -0.25) is 0 Å². The number of anilines is 2. The predicted molar refractivity (Wildman–Crippen MR) is 90.3 cm³/mol. The first-order chi connectivity index (χ1) is 10.5. The third-order valence-corrected chi connectivity index (χ3v) is 4.41. The van der Waals surface area contributed by atoms with Gasteiger partial charge in [-0.2, -0.15) is 0 Å². The van der Waals surface area contributed by atoms with E-state index < -0.39 is 0 Å². The van der Waals surface area contributed by atoms with Crippen LogP contribution in [0.2, 0.25) is 0 Å². The van der Waals surface area contributed by atoms with Crippen molar-refractivity contribution in [2.45, 2.75) is 33.2 Å². The maximum Gasteiger partial charge on any atom is 0.319 e. The van der Waals surface area contributed by atoms with Gasteiger partial charge in [-0.15, -0.1) is 0 Å². The molecular formula is C17H27N3O2. The average molecular weight is 305 g/mol. The minimum Gasteiger partial charge on any atom is -0.396 e. The minimum atomic E-state index is -0.240. The molecule has 1 saturated heterocycles. The lowest BCUT2D eigenvalue weighted by Gasteiger charge is -2.20. The third-order valence-electron chi connectivity index (χ3n) is 4.41. The van der Waals surface area contributed by atoms with E-state index in [1.165, 1.54) is 12.1 Å². The maximum atomic E-state index is 11.9. The number of nitrogens with zero attached hydrogens (tertiary/aromatic N) is 1. The molecule has 2 rings (SSSR count). The Morgan fingerprint density at radius 1 is 1.36 bits per heavy atom. The van der Waals surface area contributed by atoms with E-state index in [1.54, 1.807) is 0 Å². The highest BCUT2D eigenvalue weighted by atomic mass is 16.3. The van der Waals surface area contributed by atoms with Crippen LogP contribution >= 0.6 is 0 Å².